The number of rotatable bonds is 5. The van der Waals surface area contributed by atoms with Crippen LogP contribution in [0, 0.1) is 13.8 Å². The topological polar surface area (TPSA) is 175 Å². The first kappa shape index (κ1) is 25.8. The van der Waals surface area contributed by atoms with Gasteiger partial charge in [-0.3, -0.25) is 33.5 Å². The molecule has 2 aliphatic rings. The molecule has 0 spiro atoms. The molecule has 0 fully saturated rings. The zero-order valence-corrected chi connectivity index (χ0v) is 19.3. The van der Waals surface area contributed by atoms with Gasteiger partial charge in [0.2, 0.25) is 0 Å². The van der Waals surface area contributed by atoms with E-state index in [9.17, 15) is 24.0 Å². The molecule has 3 N–H and O–H groups in total. The lowest BCUT2D eigenvalue weighted by molar-refractivity contribution is -0.145. The molecule has 0 saturated carbocycles. The SMILES string of the molecule is CC(=O)OC[C@@H]1C=C[C@H](n2cc(C)c(=O)[nH]c2=O)O1.Cc1cn([C@H]2C=C[C@@H](CO)O2)c(=O)[nH]c1=O. The van der Waals surface area contributed by atoms with Crippen molar-refractivity contribution >= 4 is 5.97 Å². The van der Waals surface area contributed by atoms with E-state index in [1.165, 1.54) is 28.5 Å². The second kappa shape index (κ2) is 11.1. The van der Waals surface area contributed by atoms with E-state index >= 15 is 0 Å². The van der Waals surface area contributed by atoms with Crippen LogP contribution in [0.15, 0.2) is 55.9 Å². The highest BCUT2D eigenvalue weighted by Gasteiger charge is 2.23. The van der Waals surface area contributed by atoms with Gasteiger partial charge in [0, 0.05) is 30.4 Å². The van der Waals surface area contributed by atoms with Crippen LogP contribution in [0.1, 0.15) is 30.5 Å². The molecule has 4 heterocycles. The van der Waals surface area contributed by atoms with Gasteiger partial charge in [-0.1, -0.05) is 12.2 Å². The van der Waals surface area contributed by atoms with Gasteiger partial charge in [-0.15, -0.1) is 0 Å². The van der Waals surface area contributed by atoms with Crippen LogP contribution in [0.25, 0.3) is 0 Å². The number of carbonyl (C=O) groups is 1. The van der Waals surface area contributed by atoms with Crippen LogP contribution >= 0.6 is 0 Å². The molecule has 2 aromatic heterocycles. The molecule has 2 aliphatic heterocycles. The van der Waals surface area contributed by atoms with Crippen molar-refractivity contribution in [3.8, 4) is 0 Å². The number of aryl methyl sites for hydroxylation is 2. The van der Waals surface area contributed by atoms with Gasteiger partial charge in [0.05, 0.1) is 6.61 Å². The highest BCUT2D eigenvalue weighted by Crippen LogP contribution is 2.20. The summed E-state index contributed by atoms with van der Waals surface area (Å²) in [5.74, 6) is -0.391. The summed E-state index contributed by atoms with van der Waals surface area (Å²) in [4.78, 5) is 60.7. The summed E-state index contributed by atoms with van der Waals surface area (Å²) in [6.45, 7) is 4.48. The number of hydrogen-bond donors (Lipinski definition) is 3. The van der Waals surface area contributed by atoms with E-state index in [-0.39, 0.29) is 13.2 Å². The lowest BCUT2D eigenvalue weighted by Gasteiger charge is -2.16. The molecular formula is C22H26N4O9. The zero-order chi connectivity index (χ0) is 25.7. The van der Waals surface area contributed by atoms with Crippen LogP contribution < -0.4 is 22.5 Å². The minimum atomic E-state index is -0.608. The normalized spacial score (nSPS) is 22.6. The van der Waals surface area contributed by atoms with Crippen molar-refractivity contribution in [1.82, 2.24) is 19.1 Å². The number of nitrogens with zero attached hydrogens (tertiary/aromatic N) is 2. The van der Waals surface area contributed by atoms with Crippen molar-refractivity contribution < 1.29 is 24.1 Å². The minimum Gasteiger partial charge on any atom is -0.463 e. The van der Waals surface area contributed by atoms with Crippen molar-refractivity contribution in [3.05, 3.63) is 89.5 Å². The molecular weight excluding hydrogens is 464 g/mol. The van der Waals surface area contributed by atoms with E-state index in [2.05, 4.69) is 9.97 Å². The fourth-order valence-electron chi connectivity index (χ4n) is 3.24. The summed E-state index contributed by atoms with van der Waals surface area (Å²) in [7, 11) is 0. The Bertz CT molecular complexity index is 1360. The van der Waals surface area contributed by atoms with E-state index in [0.29, 0.717) is 11.1 Å². The molecule has 4 atom stereocenters. The van der Waals surface area contributed by atoms with Gasteiger partial charge in [0.25, 0.3) is 11.1 Å². The van der Waals surface area contributed by atoms with E-state index in [1.807, 2.05) is 0 Å². The molecule has 0 saturated heterocycles. The Balaban J connectivity index is 0.000000198. The van der Waals surface area contributed by atoms with Gasteiger partial charge in [-0.25, -0.2) is 9.59 Å². The molecule has 0 unspecified atom stereocenters. The largest absolute Gasteiger partial charge is 0.463 e. The number of nitrogens with one attached hydrogen (secondary N) is 2. The Morgan fingerprint density at radius 2 is 1.34 bits per heavy atom. The second-order valence-corrected chi connectivity index (χ2v) is 7.84. The van der Waals surface area contributed by atoms with Gasteiger partial charge >= 0.3 is 17.3 Å². The number of aromatic nitrogens is 4. The van der Waals surface area contributed by atoms with Crippen LogP contribution in [0.4, 0.5) is 0 Å². The molecule has 0 bridgehead atoms. The molecule has 0 aliphatic carbocycles. The summed E-state index contributed by atoms with van der Waals surface area (Å²) in [5.41, 5.74) is -1.03. The lowest BCUT2D eigenvalue weighted by atomic mass is 10.3. The third-order valence-electron chi connectivity index (χ3n) is 5.08. The molecule has 13 heteroatoms. The van der Waals surface area contributed by atoms with E-state index in [1.54, 1.807) is 38.2 Å². The first-order valence-electron chi connectivity index (χ1n) is 10.6. The maximum Gasteiger partial charge on any atom is 0.330 e. The number of esters is 1. The smallest absolute Gasteiger partial charge is 0.330 e. The summed E-state index contributed by atoms with van der Waals surface area (Å²) in [5, 5.41) is 8.88. The lowest BCUT2D eigenvalue weighted by Crippen LogP contribution is -2.33. The molecule has 188 valence electrons. The van der Waals surface area contributed by atoms with E-state index < -0.39 is 53.1 Å². The fourth-order valence-corrected chi connectivity index (χ4v) is 3.24. The Kier molecular flexibility index (Phi) is 8.17. The van der Waals surface area contributed by atoms with Crippen LogP contribution in [-0.2, 0) is 19.0 Å². The Hall–Kier alpha value is -3.81. The van der Waals surface area contributed by atoms with Crippen LogP contribution in [-0.4, -0.2) is 55.6 Å². The average Bonchev–Trinajstić information content (AvgIpc) is 3.47. The highest BCUT2D eigenvalue weighted by molar-refractivity contribution is 5.65. The number of hydrogen-bond acceptors (Lipinski definition) is 9. The molecule has 4 rings (SSSR count). The highest BCUT2D eigenvalue weighted by atomic mass is 16.6. The number of aliphatic hydroxyl groups is 1. The summed E-state index contributed by atoms with van der Waals surface area (Å²) >= 11 is 0. The number of ether oxygens (including phenoxy) is 3. The average molecular weight is 490 g/mol. The zero-order valence-electron chi connectivity index (χ0n) is 19.3. The van der Waals surface area contributed by atoms with Crippen molar-refractivity contribution in [1.29, 1.82) is 0 Å². The molecule has 35 heavy (non-hydrogen) atoms. The third kappa shape index (κ3) is 6.41. The predicted octanol–water partition coefficient (Wildman–Crippen LogP) is -0.847. The van der Waals surface area contributed by atoms with Crippen LogP contribution in [0.3, 0.4) is 0 Å². The van der Waals surface area contributed by atoms with Crippen molar-refractivity contribution in [3.63, 3.8) is 0 Å². The summed E-state index contributed by atoms with van der Waals surface area (Å²) in [6, 6.07) is 0. The quantitative estimate of drug-likeness (QED) is 0.356. The number of aliphatic hydroxyl groups excluding tert-OH is 1. The van der Waals surface area contributed by atoms with Crippen LogP contribution in [0.2, 0.25) is 0 Å². The van der Waals surface area contributed by atoms with Crippen LogP contribution in [0.5, 0.6) is 0 Å². The number of aromatic amines is 2. The van der Waals surface area contributed by atoms with Crippen molar-refractivity contribution in [2.45, 2.75) is 45.4 Å². The summed E-state index contributed by atoms with van der Waals surface area (Å²) < 4.78 is 18.3. The Labute approximate surface area is 197 Å². The Morgan fingerprint density at radius 3 is 1.77 bits per heavy atom. The number of H-pyrrole nitrogens is 2. The molecule has 2 aromatic rings. The van der Waals surface area contributed by atoms with Gasteiger partial charge in [0.1, 0.15) is 18.8 Å². The third-order valence-corrected chi connectivity index (χ3v) is 5.08. The van der Waals surface area contributed by atoms with E-state index in [4.69, 9.17) is 19.3 Å². The molecule has 0 aromatic carbocycles. The van der Waals surface area contributed by atoms with Gasteiger partial charge < -0.3 is 19.3 Å². The second-order valence-electron chi connectivity index (χ2n) is 7.84. The maximum absolute atomic E-state index is 11.7. The number of carbonyl (C=O) groups excluding carboxylic acids is 1. The maximum atomic E-state index is 11.7. The van der Waals surface area contributed by atoms with Gasteiger partial charge in [0.15, 0.2) is 12.5 Å². The summed E-state index contributed by atoms with van der Waals surface area (Å²) in [6.07, 6.45) is 7.63. The molecule has 0 radical (unpaired) electrons. The first-order valence-corrected chi connectivity index (χ1v) is 10.6. The van der Waals surface area contributed by atoms with E-state index in [0.717, 1.165) is 0 Å². The predicted molar refractivity (Wildman–Crippen MR) is 122 cm³/mol. The molecule has 13 nitrogen and oxygen atoms in total. The minimum absolute atomic E-state index is 0.0966. The molecule has 0 amide bonds. The van der Waals surface area contributed by atoms with Crippen molar-refractivity contribution in [2.75, 3.05) is 13.2 Å². The standard InChI is InChI=1S/C12H14N2O5.C10H12N2O4/c1-7-5-14(12(17)13-11(7)16)10-4-3-9(19-10)6-18-8(2)15;1-6-4-12(10(15)11-9(6)14)8-3-2-7(5-13)16-8/h3-5,9-10H,6H2,1-2H3,(H,13,16,17);2-4,7-8,13H,5H2,1H3,(H,11,14,15)/t9-,10+;7-,8+/m00/s1. The first-order chi connectivity index (χ1) is 16.6. The van der Waals surface area contributed by atoms with Gasteiger partial charge in [-0.05, 0) is 26.0 Å². The monoisotopic (exact) mass is 490 g/mol. The van der Waals surface area contributed by atoms with Gasteiger partial charge in [-0.2, -0.15) is 0 Å². The fraction of sp³-hybridized carbons (Fsp3) is 0.409. The van der Waals surface area contributed by atoms with Crippen molar-refractivity contribution in [2.24, 2.45) is 0 Å². The Morgan fingerprint density at radius 1 is 0.886 bits per heavy atom.